The zero-order valence-corrected chi connectivity index (χ0v) is 33.3. The maximum Gasteiger partial charge on any atom is 0.0431 e. The van der Waals surface area contributed by atoms with Crippen molar-refractivity contribution in [1.29, 1.82) is 0 Å². The molecule has 0 rings (SSSR count). The molecule has 1 N–H and O–H groups in total. The molecule has 0 radical (unpaired) electrons. The first-order valence-corrected chi connectivity index (χ1v) is 23.0. The molecule has 0 aromatic carbocycles. The number of hydrogen-bond donors (Lipinski definition) is 1. The highest BCUT2D eigenvalue weighted by atomic mass is 16.2. The molecule has 47 heavy (non-hydrogen) atoms. The van der Waals surface area contributed by atoms with Gasteiger partial charge in [0, 0.05) is 6.61 Å². The Morgan fingerprint density at radius 3 is 0.383 bits per heavy atom. The smallest absolute Gasteiger partial charge is 0.0431 e. The van der Waals surface area contributed by atoms with Crippen molar-refractivity contribution in [3.63, 3.8) is 0 Å². The summed E-state index contributed by atoms with van der Waals surface area (Å²) in [6, 6.07) is 0. The van der Waals surface area contributed by atoms with Gasteiger partial charge in [-0.15, -0.1) is 0 Å². The number of unbranched alkanes of at least 4 members (excludes halogenated alkanes) is 43. The Hall–Kier alpha value is -0.0400. The van der Waals surface area contributed by atoms with E-state index in [1.54, 1.807) is 0 Å². The van der Waals surface area contributed by atoms with Crippen molar-refractivity contribution in [3.8, 4) is 0 Å². The van der Waals surface area contributed by atoms with Gasteiger partial charge in [-0.3, -0.25) is 0 Å². The molecular formula is C46H94O. The number of rotatable bonds is 44. The van der Waals surface area contributed by atoms with Crippen molar-refractivity contribution in [2.24, 2.45) is 0 Å². The zero-order chi connectivity index (χ0) is 33.8. The molecule has 0 amide bonds. The lowest BCUT2D eigenvalue weighted by atomic mass is 10.0. The molecule has 0 saturated heterocycles. The lowest BCUT2D eigenvalue weighted by molar-refractivity contribution is 0.282. The van der Waals surface area contributed by atoms with Gasteiger partial charge in [-0.1, -0.05) is 283 Å². The van der Waals surface area contributed by atoms with Crippen molar-refractivity contribution in [1.82, 2.24) is 0 Å². The van der Waals surface area contributed by atoms with E-state index in [0.29, 0.717) is 6.61 Å². The molecule has 0 aliphatic carbocycles. The molecule has 0 fully saturated rings. The van der Waals surface area contributed by atoms with Gasteiger partial charge in [0.25, 0.3) is 0 Å². The second-order valence-electron chi connectivity index (χ2n) is 15.9. The summed E-state index contributed by atoms with van der Waals surface area (Å²) in [7, 11) is 0. The van der Waals surface area contributed by atoms with Crippen LogP contribution in [0.3, 0.4) is 0 Å². The average molecular weight is 663 g/mol. The highest BCUT2D eigenvalue weighted by Crippen LogP contribution is 2.18. The molecule has 0 aliphatic rings. The van der Waals surface area contributed by atoms with Crippen LogP contribution in [-0.2, 0) is 0 Å². The van der Waals surface area contributed by atoms with Crippen LogP contribution in [0.25, 0.3) is 0 Å². The van der Waals surface area contributed by atoms with E-state index in [9.17, 15) is 0 Å². The fraction of sp³-hybridized carbons (Fsp3) is 1.00. The second-order valence-corrected chi connectivity index (χ2v) is 15.9. The SMILES string of the molecule is CCCCCCCCCCCCCCCCCCCCCCCCCCCCCCCCCCCCCCCCCCCCCCO. The van der Waals surface area contributed by atoms with Gasteiger partial charge in [0.05, 0.1) is 0 Å². The summed E-state index contributed by atoms with van der Waals surface area (Å²) in [5.41, 5.74) is 0. The topological polar surface area (TPSA) is 20.2 Å². The minimum atomic E-state index is 0.375. The first kappa shape index (κ1) is 47.0. The van der Waals surface area contributed by atoms with E-state index in [-0.39, 0.29) is 0 Å². The van der Waals surface area contributed by atoms with Crippen molar-refractivity contribution >= 4 is 0 Å². The van der Waals surface area contributed by atoms with Crippen LogP contribution in [0.15, 0.2) is 0 Å². The summed E-state index contributed by atoms with van der Waals surface area (Å²) in [5.74, 6) is 0. The van der Waals surface area contributed by atoms with E-state index in [4.69, 9.17) is 5.11 Å². The molecule has 0 bridgehead atoms. The van der Waals surface area contributed by atoms with Gasteiger partial charge < -0.3 is 5.11 Å². The minimum absolute atomic E-state index is 0.375. The van der Waals surface area contributed by atoms with Crippen LogP contribution in [-0.4, -0.2) is 11.7 Å². The standard InChI is InChI=1S/C46H94O/c1-2-3-4-5-6-7-8-9-10-11-12-13-14-15-16-17-18-19-20-21-22-23-24-25-26-27-28-29-30-31-32-33-34-35-36-37-38-39-40-41-42-43-44-45-46-47/h47H,2-46H2,1H3. The van der Waals surface area contributed by atoms with E-state index in [2.05, 4.69) is 6.92 Å². The fourth-order valence-corrected chi connectivity index (χ4v) is 7.61. The van der Waals surface area contributed by atoms with E-state index >= 15 is 0 Å². The molecule has 0 spiro atoms. The molecule has 0 aliphatic heterocycles. The number of aliphatic hydroxyl groups is 1. The molecule has 0 heterocycles. The van der Waals surface area contributed by atoms with Gasteiger partial charge in [-0.05, 0) is 6.42 Å². The van der Waals surface area contributed by atoms with Crippen LogP contribution in [0.2, 0.25) is 0 Å². The summed E-state index contributed by atoms with van der Waals surface area (Å²) >= 11 is 0. The van der Waals surface area contributed by atoms with Crippen molar-refractivity contribution in [3.05, 3.63) is 0 Å². The third-order valence-corrected chi connectivity index (χ3v) is 11.0. The molecule has 0 atom stereocenters. The quantitative estimate of drug-likeness (QED) is 0.0644. The minimum Gasteiger partial charge on any atom is -0.396 e. The largest absolute Gasteiger partial charge is 0.396 e. The monoisotopic (exact) mass is 663 g/mol. The third-order valence-electron chi connectivity index (χ3n) is 11.0. The lowest BCUT2D eigenvalue weighted by Gasteiger charge is -2.05. The molecule has 284 valence electrons. The normalized spacial score (nSPS) is 11.6. The second kappa shape index (κ2) is 46.0. The number of hydrogen-bond acceptors (Lipinski definition) is 1. The van der Waals surface area contributed by atoms with E-state index < -0.39 is 0 Å². The predicted molar refractivity (Wildman–Crippen MR) is 216 cm³/mol. The Kier molecular flexibility index (Phi) is 45.9. The van der Waals surface area contributed by atoms with Crippen LogP contribution in [0, 0.1) is 0 Å². The van der Waals surface area contributed by atoms with Crippen molar-refractivity contribution < 1.29 is 5.11 Å². The van der Waals surface area contributed by atoms with Crippen LogP contribution >= 0.6 is 0 Å². The van der Waals surface area contributed by atoms with Gasteiger partial charge in [-0.25, -0.2) is 0 Å². The van der Waals surface area contributed by atoms with Gasteiger partial charge in [0.2, 0.25) is 0 Å². The zero-order valence-electron chi connectivity index (χ0n) is 33.3. The molecule has 0 saturated carbocycles. The van der Waals surface area contributed by atoms with Crippen LogP contribution < -0.4 is 0 Å². The van der Waals surface area contributed by atoms with E-state index in [0.717, 1.165) is 6.42 Å². The van der Waals surface area contributed by atoms with E-state index in [1.807, 2.05) is 0 Å². The van der Waals surface area contributed by atoms with Crippen LogP contribution in [0.5, 0.6) is 0 Å². The fourth-order valence-electron chi connectivity index (χ4n) is 7.61. The van der Waals surface area contributed by atoms with Gasteiger partial charge >= 0.3 is 0 Å². The Balaban J connectivity index is 3.03. The Morgan fingerprint density at radius 2 is 0.277 bits per heavy atom. The highest BCUT2D eigenvalue weighted by Gasteiger charge is 1.98. The summed E-state index contributed by atoms with van der Waals surface area (Å²) in [6.07, 6.45) is 64.0. The molecule has 1 nitrogen and oxygen atoms in total. The Labute approximate surface area is 300 Å². The summed E-state index contributed by atoms with van der Waals surface area (Å²) in [5, 5.41) is 8.81. The average Bonchev–Trinajstić information content (AvgIpc) is 3.08. The third kappa shape index (κ3) is 46.0. The van der Waals surface area contributed by atoms with E-state index in [1.165, 1.54) is 276 Å². The maximum atomic E-state index is 8.81. The first-order chi connectivity index (χ1) is 23.4. The molecule has 0 unspecified atom stereocenters. The summed E-state index contributed by atoms with van der Waals surface area (Å²) in [6.45, 7) is 2.68. The summed E-state index contributed by atoms with van der Waals surface area (Å²) in [4.78, 5) is 0. The van der Waals surface area contributed by atoms with Crippen LogP contribution in [0.4, 0.5) is 0 Å². The Bertz CT molecular complexity index is 457. The lowest BCUT2D eigenvalue weighted by Crippen LogP contribution is -1.85. The maximum absolute atomic E-state index is 8.81. The van der Waals surface area contributed by atoms with Gasteiger partial charge in [0.1, 0.15) is 0 Å². The van der Waals surface area contributed by atoms with Crippen molar-refractivity contribution in [2.75, 3.05) is 6.61 Å². The summed E-state index contributed by atoms with van der Waals surface area (Å²) < 4.78 is 0. The Morgan fingerprint density at radius 1 is 0.170 bits per heavy atom. The molecular weight excluding hydrogens is 569 g/mol. The van der Waals surface area contributed by atoms with Crippen LogP contribution in [0.1, 0.15) is 289 Å². The first-order valence-electron chi connectivity index (χ1n) is 23.0. The molecule has 0 aromatic heterocycles. The predicted octanol–water partition coefficient (Wildman–Crippen LogP) is 17.2. The molecule has 1 heteroatoms. The molecule has 0 aromatic rings. The van der Waals surface area contributed by atoms with Crippen molar-refractivity contribution in [2.45, 2.75) is 289 Å². The number of aliphatic hydroxyl groups excluding tert-OH is 1. The van der Waals surface area contributed by atoms with Gasteiger partial charge in [0.15, 0.2) is 0 Å². The highest BCUT2D eigenvalue weighted by molar-refractivity contribution is 4.54. The van der Waals surface area contributed by atoms with Gasteiger partial charge in [-0.2, -0.15) is 0 Å².